The summed E-state index contributed by atoms with van der Waals surface area (Å²) in [6.45, 7) is 10.9. The fourth-order valence-electron chi connectivity index (χ4n) is 2.94. The van der Waals surface area contributed by atoms with Gasteiger partial charge in [0.05, 0.1) is 0 Å². The molecule has 112 valence electrons. The zero-order valence-electron chi connectivity index (χ0n) is 13.7. The summed E-state index contributed by atoms with van der Waals surface area (Å²) in [6.07, 6.45) is 3.89. The maximum absolute atomic E-state index is 5.23. The van der Waals surface area contributed by atoms with E-state index in [-0.39, 0.29) is 0 Å². The topological polar surface area (TPSA) is 21.3 Å². The molecule has 0 saturated heterocycles. The molecule has 1 fully saturated rings. The molecule has 2 nitrogen and oxygen atoms in total. The van der Waals surface area contributed by atoms with Gasteiger partial charge in [0.15, 0.2) is 0 Å². The van der Waals surface area contributed by atoms with Crippen LogP contribution in [0.25, 0.3) is 0 Å². The number of hydrogen-bond donors (Lipinski definition) is 1. The van der Waals surface area contributed by atoms with E-state index < -0.39 is 0 Å². The second-order valence-corrected chi connectivity index (χ2v) is 6.64. The highest BCUT2D eigenvalue weighted by Crippen LogP contribution is 2.48. The molecule has 1 atom stereocenters. The van der Waals surface area contributed by atoms with Crippen LogP contribution in [0.15, 0.2) is 12.1 Å². The minimum atomic E-state index is 0.425. The first kappa shape index (κ1) is 15.5. The van der Waals surface area contributed by atoms with Crippen molar-refractivity contribution >= 4 is 0 Å². The predicted octanol–water partition coefficient (Wildman–Crippen LogP) is 4.08. The molecule has 1 aromatic carbocycles. The van der Waals surface area contributed by atoms with Crippen LogP contribution >= 0.6 is 0 Å². The molecule has 2 heteroatoms. The number of aryl methyl sites for hydroxylation is 3. The third kappa shape index (κ3) is 3.62. The smallest absolute Gasteiger partial charge is 0.0468 e. The summed E-state index contributed by atoms with van der Waals surface area (Å²) in [4.78, 5) is 0. The van der Waals surface area contributed by atoms with Crippen molar-refractivity contribution in [1.82, 2.24) is 5.32 Å². The van der Waals surface area contributed by atoms with Crippen LogP contribution in [0.5, 0.6) is 0 Å². The van der Waals surface area contributed by atoms with E-state index in [1.807, 2.05) is 0 Å². The molecule has 0 heterocycles. The molecule has 0 aromatic heterocycles. The summed E-state index contributed by atoms with van der Waals surface area (Å²) in [5, 5.41) is 3.74. The van der Waals surface area contributed by atoms with E-state index in [4.69, 9.17) is 4.74 Å². The molecule has 0 spiro atoms. The Hall–Kier alpha value is -0.860. The van der Waals surface area contributed by atoms with Crippen molar-refractivity contribution in [2.45, 2.75) is 53.0 Å². The van der Waals surface area contributed by atoms with Gasteiger partial charge in [-0.05, 0) is 74.6 Å². The minimum absolute atomic E-state index is 0.425. The molecule has 1 aromatic rings. The number of ether oxygens (including phenoxy) is 1. The van der Waals surface area contributed by atoms with Crippen molar-refractivity contribution in [2.75, 3.05) is 20.3 Å². The van der Waals surface area contributed by atoms with E-state index in [1.54, 1.807) is 7.11 Å². The van der Waals surface area contributed by atoms with Crippen LogP contribution in [-0.4, -0.2) is 20.3 Å². The van der Waals surface area contributed by atoms with Crippen LogP contribution in [0.4, 0.5) is 0 Å². The normalized spacial score (nSPS) is 18.1. The van der Waals surface area contributed by atoms with Gasteiger partial charge in [-0.2, -0.15) is 0 Å². The van der Waals surface area contributed by atoms with Gasteiger partial charge in [0, 0.05) is 26.3 Å². The first-order chi connectivity index (χ1) is 9.47. The molecule has 1 aliphatic rings. The number of nitrogens with one attached hydrogen (secondary N) is 1. The Labute approximate surface area is 123 Å². The van der Waals surface area contributed by atoms with Crippen LogP contribution in [0, 0.1) is 26.2 Å². The summed E-state index contributed by atoms with van der Waals surface area (Å²) in [6, 6.07) is 5.08. The highest BCUT2D eigenvalue weighted by atomic mass is 16.5. The van der Waals surface area contributed by atoms with Crippen LogP contribution in [0.1, 0.15) is 54.5 Å². The summed E-state index contributed by atoms with van der Waals surface area (Å²) in [7, 11) is 1.80. The summed E-state index contributed by atoms with van der Waals surface area (Å²) >= 11 is 0. The van der Waals surface area contributed by atoms with Gasteiger partial charge in [-0.3, -0.25) is 0 Å². The molecular formula is C18H29NO. The van der Waals surface area contributed by atoms with Crippen molar-refractivity contribution < 1.29 is 4.74 Å². The maximum atomic E-state index is 5.23. The number of rotatable bonds is 7. The van der Waals surface area contributed by atoms with Gasteiger partial charge in [0.1, 0.15) is 0 Å². The average Bonchev–Trinajstić information content (AvgIpc) is 3.18. The first-order valence-electron chi connectivity index (χ1n) is 7.77. The monoisotopic (exact) mass is 275 g/mol. The van der Waals surface area contributed by atoms with Gasteiger partial charge in [-0.1, -0.05) is 12.1 Å². The van der Waals surface area contributed by atoms with Crippen molar-refractivity contribution in [3.05, 3.63) is 34.4 Å². The largest absolute Gasteiger partial charge is 0.385 e. The Morgan fingerprint density at radius 1 is 1.15 bits per heavy atom. The van der Waals surface area contributed by atoms with E-state index in [0.29, 0.717) is 11.5 Å². The van der Waals surface area contributed by atoms with Crippen molar-refractivity contribution in [3.63, 3.8) is 0 Å². The highest BCUT2D eigenvalue weighted by molar-refractivity contribution is 5.38. The summed E-state index contributed by atoms with van der Waals surface area (Å²) < 4.78 is 5.23. The molecule has 0 amide bonds. The van der Waals surface area contributed by atoms with Crippen molar-refractivity contribution in [2.24, 2.45) is 5.41 Å². The summed E-state index contributed by atoms with van der Waals surface area (Å²) in [5.41, 5.74) is 6.13. The summed E-state index contributed by atoms with van der Waals surface area (Å²) in [5.74, 6) is 0. The number of methoxy groups -OCH3 is 1. The molecule has 0 radical (unpaired) electrons. The van der Waals surface area contributed by atoms with Crippen LogP contribution in [0.3, 0.4) is 0 Å². The lowest BCUT2D eigenvalue weighted by Crippen LogP contribution is -2.28. The fourth-order valence-corrected chi connectivity index (χ4v) is 2.94. The van der Waals surface area contributed by atoms with Gasteiger partial charge in [-0.25, -0.2) is 0 Å². The quantitative estimate of drug-likeness (QED) is 0.809. The average molecular weight is 275 g/mol. The fraction of sp³-hybridized carbons (Fsp3) is 0.667. The van der Waals surface area contributed by atoms with Gasteiger partial charge >= 0.3 is 0 Å². The van der Waals surface area contributed by atoms with E-state index >= 15 is 0 Å². The van der Waals surface area contributed by atoms with Crippen molar-refractivity contribution in [1.29, 1.82) is 0 Å². The molecular weight excluding hydrogens is 246 g/mol. The van der Waals surface area contributed by atoms with Crippen LogP contribution in [0.2, 0.25) is 0 Å². The lowest BCUT2D eigenvalue weighted by Gasteiger charge is -2.22. The molecule has 1 N–H and O–H groups in total. The number of hydrogen-bond acceptors (Lipinski definition) is 2. The SMILES string of the molecule is COCCC1(CNC(C)c2cc(C)c(C)cc2C)CC1. The van der Waals surface area contributed by atoms with E-state index in [0.717, 1.165) is 13.2 Å². The third-order valence-electron chi connectivity index (χ3n) is 4.93. The number of benzene rings is 1. The molecule has 0 aliphatic heterocycles. The molecule has 20 heavy (non-hydrogen) atoms. The molecule has 1 aliphatic carbocycles. The van der Waals surface area contributed by atoms with Crippen molar-refractivity contribution in [3.8, 4) is 0 Å². The molecule has 0 bridgehead atoms. The standard InChI is InChI=1S/C18H29NO/c1-13-10-15(3)17(11-14(13)2)16(4)19-12-18(6-7-18)8-9-20-5/h10-11,16,19H,6-9,12H2,1-5H3. The Balaban J connectivity index is 1.95. The lowest BCUT2D eigenvalue weighted by molar-refractivity contribution is 0.170. The van der Waals surface area contributed by atoms with Gasteiger partial charge in [-0.15, -0.1) is 0 Å². The first-order valence-corrected chi connectivity index (χ1v) is 7.77. The van der Waals surface area contributed by atoms with Gasteiger partial charge < -0.3 is 10.1 Å². The second kappa shape index (κ2) is 6.28. The van der Waals surface area contributed by atoms with E-state index in [9.17, 15) is 0 Å². The lowest BCUT2D eigenvalue weighted by atomic mass is 9.95. The third-order valence-corrected chi connectivity index (χ3v) is 4.93. The zero-order chi connectivity index (χ0) is 14.8. The molecule has 1 saturated carbocycles. The van der Waals surface area contributed by atoms with Crippen LogP contribution in [-0.2, 0) is 4.74 Å². The zero-order valence-corrected chi connectivity index (χ0v) is 13.7. The van der Waals surface area contributed by atoms with Gasteiger partial charge in [0.2, 0.25) is 0 Å². The predicted molar refractivity (Wildman–Crippen MR) is 85.2 cm³/mol. The molecule has 1 unspecified atom stereocenters. The Bertz CT molecular complexity index is 463. The van der Waals surface area contributed by atoms with Crippen LogP contribution < -0.4 is 5.32 Å². The van der Waals surface area contributed by atoms with Gasteiger partial charge in [0.25, 0.3) is 0 Å². The Morgan fingerprint density at radius 3 is 2.40 bits per heavy atom. The Kier molecular flexibility index (Phi) is 4.87. The van der Waals surface area contributed by atoms with E-state index in [1.165, 1.54) is 41.5 Å². The minimum Gasteiger partial charge on any atom is -0.385 e. The maximum Gasteiger partial charge on any atom is 0.0468 e. The Morgan fingerprint density at radius 2 is 1.80 bits per heavy atom. The second-order valence-electron chi connectivity index (χ2n) is 6.64. The highest BCUT2D eigenvalue weighted by Gasteiger charge is 2.41. The molecule has 2 rings (SSSR count). The van der Waals surface area contributed by atoms with E-state index in [2.05, 4.69) is 45.1 Å².